The minimum absolute atomic E-state index is 0.0368. The topological polar surface area (TPSA) is 122 Å². The SMILES string of the molecule is O=C1CCC(Nc2ccc([N+](=O)[O-])cc2C(=O)O)CN1. The van der Waals surface area contributed by atoms with Crippen molar-refractivity contribution in [2.75, 3.05) is 11.9 Å². The summed E-state index contributed by atoms with van der Waals surface area (Å²) in [5.74, 6) is -1.28. The first-order valence-corrected chi connectivity index (χ1v) is 6.02. The highest BCUT2D eigenvalue weighted by Gasteiger charge is 2.21. The monoisotopic (exact) mass is 279 g/mol. The Morgan fingerprint density at radius 3 is 2.80 bits per heavy atom. The number of piperidine rings is 1. The van der Waals surface area contributed by atoms with Gasteiger partial charge in [-0.3, -0.25) is 14.9 Å². The number of hydrogen-bond donors (Lipinski definition) is 3. The molecule has 1 heterocycles. The zero-order valence-electron chi connectivity index (χ0n) is 10.5. The molecule has 1 amide bonds. The van der Waals surface area contributed by atoms with Gasteiger partial charge in [-0.25, -0.2) is 4.79 Å². The predicted molar refractivity (Wildman–Crippen MR) is 69.7 cm³/mol. The summed E-state index contributed by atoms with van der Waals surface area (Å²) in [6.45, 7) is 0.398. The molecule has 0 saturated carbocycles. The van der Waals surface area contributed by atoms with E-state index < -0.39 is 10.9 Å². The van der Waals surface area contributed by atoms with Crippen molar-refractivity contribution in [1.82, 2.24) is 5.32 Å². The number of carbonyl (C=O) groups is 2. The number of anilines is 1. The van der Waals surface area contributed by atoms with E-state index in [9.17, 15) is 19.7 Å². The largest absolute Gasteiger partial charge is 0.478 e. The molecule has 1 unspecified atom stereocenters. The number of rotatable bonds is 4. The number of aromatic carboxylic acids is 1. The van der Waals surface area contributed by atoms with Crippen molar-refractivity contribution < 1.29 is 19.6 Å². The van der Waals surface area contributed by atoms with Gasteiger partial charge in [0.1, 0.15) is 0 Å². The van der Waals surface area contributed by atoms with Crippen molar-refractivity contribution in [3.63, 3.8) is 0 Å². The van der Waals surface area contributed by atoms with Crippen molar-refractivity contribution in [2.24, 2.45) is 0 Å². The number of hydrogen-bond acceptors (Lipinski definition) is 5. The number of carboxylic acid groups (broad SMARTS) is 1. The molecule has 0 radical (unpaired) electrons. The van der Waals surface area contributed by atoms with Crippen LogP contribution in [0.15, 0.2) is 18.2 Å². The molecule has 0 spiro atoms. The lowest BCUT2D eigenvalue weighted by atomic mass is 10.1. The number of nitro groups is 1. The maximum atomic E-state index is 11.2. The molecule has 8 nitrogen and oxygen atoms in total. The lowest BCUT2D eigenvalue weighted by Gasteiger charge is -2.25. The van der Waals surface area contributed by atoms with Crippen LogP contribution in [-0.2, 0) is 4.79 Å². The van der Waals surface area contributed by atoms with Gasteiger partial charge in [-0.05, 0) is 12.5 Å². The van der Waals surface area contributed by atoms with Gasteiger partial charge < -0.3 is 15.7 Å². The summed E-state index contributed by atoms with van der Waals surface area (Å²) in [6.07, 6.45) is 0.953. The normalized spacial score (nSPS) is 18.2. The minimum atomic E-state index is -1.24. The molecule has 8 heteroatoms. The van der Waals surface area contributed by atoms with Gasteiger partial charge in [-0.15, -0.1) is 0 Å². The summed E-state index contributed by atoms with van der Waals surface area (Å²) in [7, 11) is 0. The van der Waals surface area contributed by atoms with Crippen LogP contribution in [0.25, 0.3) is 0 Å². The average molecular weight is 279 g/mol. The molecule has 1 fully saturated rings. The van der Waals surface area contributed by atoms with Gasteiger partial charge in [0.15, 0.2) is 0 Å². The zero-order valence-corrected chi connectivity index (χ0v) is 10.5. The maximum Gasteiger partial charge on any atom is 0.338 e. The van der Waals surface area contributed by atoms with Crippen LogP contribution in [0.2, 0.25) is 0 Å². The molecular formula is C12H13N3O5. The van der Waals surface area contributed by atoms with E-state index in [0.717, 1.165) is 6.07 Å². The van der Waals surface area contributed by atoms with E-state index in [1.54, 1.807) is 0 Å². The Morgan fingerprint density at radius 2 is 2.25 bits per heavy atom. The smallest absolute Gasteiger partial charge is 0.338 e. The van der Waals surface area contributed by atoms with E-state index in [2.05, 4.69) is 10.6 Å². The molecule has 1 atom stereocenters. The summed E-state index contributed by atoms with van der Waals surface area (Å²) in [5, 5.41) is 25.4. The second-order valence-electron chi connectivity index (χ2n) is 4.48. The number of benzene rings is 1. The van der Waals surface area contributed by atoms with E-state index in [1.807, 2.05) is 0 Å². The Kier molecular flexibility index (Phi) is 3.83. The fraction of sp³-hybridized carbons (Fsp3) is 0.333. The number of amides is 1. The van der Waals surface area contributed by atoms with E-state index in [4.69, 9.17) is 5.11 Å². The highest BCUT2D eigenvalue weighted by atomic mass is 16.6. The number of nitro benzene ring substituents is 1. The number of non-ortho nitro benzene ring substituents is 1. The van der Waals surface area contributed by atoms with Crippen LogP contribution in [0.4, 0.5) is 11.4 Å². The van der Waals surface area contributed by atoms with Crippen molar-refractivity contribution in [1.29, 1.82) is 0 Å². The fourth-order valence-corrected chi connectivity index (χ4v) is 2.02. The van der Waals surface area contributed by atoms with Gasteiger partial charge in [0, 0.05) is 36.8 Å². The van der Waals surface area contributed by atoms with Crippen LogP contribution in [0.5, 0.6) is 0 Å². The highest BCUT2D eigenvalue weighted by molar-refractivity contribution is 5.95. The van der Waals surface area contributed by atoms with E-state index in [0.29, 0.717) is 25.1 Å². The Balaban J connectivity index is 2.20. The van der Waals surface area contributed by atoms with Crippen LogP contribution in [0.3, 0.4) is 0 Å². The lowest BCUT2D eigenvalue weighted by molar-refractivity contribution is -0.384. The van der Waals surface area contributed by atoms with Gasteiger partial charge in [-0.1, -0.05) is 0 Å². The summed E-state index contributed by atoms with van der Waals surface area (Å²) >= 11 is 0. The molecule has 106 valence electrons. The number of nitrogens with zero attached hydrogens (tertiary/aromatic N) is 1. The van der Waals surface area contributed by atoms with Gasteiger partial charge in [0.05, 0.1) is 10.5 Å². The Bertz CT molecular complexity index is 562. The molecule has 1 saturated heterocycles. The van der Waals surface area contributed by atoms with Crippen molar-refractivity contribution in [2.45, 2.75) is 18.9 Å². The average Bonchev–Trinajstić information content (AvgIpc) is 2.41. The van der Waals surface area contributed by atoms with Crippen LogP contribution in [-0.4, -0.2) is 34.5 Å². The second kappa shape index (κ2) is 5.55. The van der Waals surface area contributed by atoms with Crippen molar-refractivity contribution in [3.8, 4) is 0 Å². The quantitative estimate of drug-likeness (QED) is 0.558. The van der Waals surface area contributed by atoms with Gasteiger partial charge in [-0.2, -0.15) is 0 Å². The molecule has 1 aromatic carbocycles. The van der Waals surface area contributed by atoms with Gasteiger partial charge in [0.2, 0.25) is 5.91 Å². The standard InChI is InChI=1S/C12H13N3O5/c16-11-4-1-7(6-13-11)14-10-3-2-8(15(19)20)5-9(10)12(17)18/h2-3,5,7,14H,1,4,6H2,(H,13,16)(H,17,18). The third kappa shape index (κ3) is 3.02. The first-order valence-electron chi connectivity index (χ1n) is 6.02. The summed E-state index contributed by atoms with van der Waals surface area (Å²) in [4.78, 5) is 32.2. The van der Waals surface area contributed by atoms with Gasteiger partial charge in [0.25, 0.3) is 5.69 Å². The first kappa shape index (κ1) is 13.8. The molecule has 3 N–H and O–H groups in total. The number of carboxylic acids is 1. The molecule has 1 aliphatic heterocycles. The third-order valence-corrected chi connectivity index (χ3v) is 3.07. The Hall–Kier alpha value is -2.64. The number of carbonyl (C=O) groups excluding carboxylic acids is 1. The molecular weight excluding hydrogens is 266 g/mol. The zero-order chi connectivity index (χ0) is 14.7. The maximum absolute atomic E-state index is 11.2. The number of nitrogens with one attached hydrogen (secondary N) is 2. The van der Waals surface area contributed by atoms with Crippen LogP contribution in [0, 0.1) is 10.1 Å². The molecule has 1 aromatic rings. The van der Waals surface area contributed by atoms with E-state index in [-0.39, 0.29) is 23.2 Å². The van der Waals surface area contributed by atoms with Crippen LogP contribution >= 0.6 is 0 Å². The summed E-state index contributed by atoms with van der Waals surface area (Å²) in [6, 6.07) is 3.55. The summed E-state index contributed by atoms with van der Waals surface area (Å²) < 4.78 is 0. The van der Waals surface area contributed by atoms with Crippen molar-refractivity contribution >= 4 is 23.3 Å². The fourth-order valence-electron chi connectivity index (χ4n) is 2.02. The molecule has 1 aliphatic rings. The molecule has 0 bridgehead atoms. The van der Waals surface area contributed by atoms with Gasteiger partial charge >= 0.3 is 5.97 Å². The second-order valence-corrected chi connectivity index (χ2v) is 4.48. The Morgan fingerprint density at radius 1 is 1.50 bits per heavy atom. The van der Waals surface area contributed by atoms with Crippen LogP contribution < -0.4 is 10.6 Å². The highest BCUT2D eigenvalue weighted by Crippen LogP contribution is 2.23. The minimum Gasteiger partial charge on any atom is -0.478 e. The van der Waals surface area contributed by atoms with E-state index in [1.165, 1.54) is 12.1 Å². The third-order valence-electron chi connectivity index (χ3n) is 3.07. The Labute approximate surface area is 113 Å². The molecule has 2 rings (SSSR count). The lowest BCUT2D eigenvalue weighted by Crippen LogP contribution is -2.42. The molecule has 0 aliphatic carbocycles. The van der Waals surface area contributed by atoms with Crippen LogP contribution in [0.1, 0.15) is 23.2 Å². The van der Waals surface area contributed by atoms with E-state index >= 15 is 0 Å². The first-order chi connectivity index (χ1) is 9.47. The predicted octanol–water partition coefficient (Wildman–Crippen LogP) is 0.983. The summed E-state index contributed by atoms with van der Waals surface area (Å²) in [5.41, 5.74) is -0.120. The molecule has 0 aromatic heterocycles. The van der Waals surface area contributed by atoms with Crippen molar-refractivity contribution in [3.05, 3.63) is 33.9 Å². The molecule has 20 heavy (non-hydrogen) atoms.